The molecule has 1 fully saturated rings. The van der Waals surface area contributed by atoms with Crippen LogP contribution in [-0.4, -0.2) is 29.2 Å². The Bertz CT molecular complexity index is 694. The Hall–Kier alpha value is -1.93. The molecule has 1 saturated heterocycles. The molecule has 1 aliphatic heterocycles. The number of hydrogen-bond acceptors (Lipinski definition) is 6. The molecule has 1 aliphatic rings. The van der Waals surface area contributed by atoms with Gasteiger partial charge in [-0.3, -0.25) is 0 Å². The average molecular weight is 382 g/mol. The molecular formula is C15H17BrFN5O. The highest BCUT2D eigenvalue weighted by Crippen LogP contribution is 2.28. The van der Waals surface area contributed by atoms with Crippen molar-refractivity contribution in [3.05, 3.63) is 34.8 Å². The summed E-state index contributed by atoms with van der Waals surface area (Å²) in [6.07, 6.45) is 3.64. The van der Waals surface area contributed by atoms with Crippen LogP contribution in [0, 0.1) is 5.82 Å². The second-order valence-corrected chi connectivity index (χ2v) is 6.17. The van der Waals surface area contributed by atoms with Gasteiger partial charge in [-0.1, -0.05) is 15.9 Å². The molecule has 0 saturated carbocycles. The molecule has 2 heterocycles. The number of nitrogen functional groups attached to an aromatic ring is 1. The molecule has 1 aromatic heterocycles. The van der Waals surface area contributed by atoms with Crippen molar-refractivity contribution in [2.75, 3.05) is 29.5 Å². The summed E-state index contributed by atoms with van der Waals surface area (Å²) in [6.45, 7) is 1.43. The summed E-state index contributed by atoms with van der Waals surface area (Å²) in [5.74, 6) is 0.470. The fraction of sp³-hybridized carbons (Fsp3) is 0.333. The number of hydrogen-bond donors (Lipinski definition) is 3. The van der Waals surface area contributed by atoms with E-state index in [-0.39, 0.29) is 6.10 Å². The van der Waals surface area contributed by atoms with Crippen LogP contribution in [-0.2, 0) is 4.74 Å². The van der Waals surface area contributed by atoms with Gasteiger partial charge >= 0.3 is 0 Å². The summed E-state index contributed by atoms with van der Waals surface area (Å²) in [6, 6.07) is 4.72. The van der Waals surface area contributed by atoms with Crippen LogP contribution in [0.3, 0.4) is 0 Å². The van der Waals surface area contributed by atoms with Crippen molar-refractivity contribution in [1.29, 1.82) is 0 Å². The molecule has 23 heavy (non-hydrogen) atoms. The number of ether oxygens (including phenoxy) is 1. The first-order valence-corrected chi connectivity index (χ1v) is 8.11. The summed E-state index contributed by atoms with van der Waals surface area (Å²) in [4.78, 5) is 8.21. The monoisotopic (exact) mass is 381 g/mol. The molecule has 0 amide bonds. The summed E-state index contributed by atoms with van der Waals surface area (Å²) in [5.41, 5.74) is 6.71. The smallest absolute Gasteiger partial charge is 0.159 e. The minimum absolute atomic E-state index is 0.171. The van der Waals surface area contributed by atoms with Crippen molar-refractivity contribution in [1.82, 2.24) is 9.97 Å². The number of rotatable bonds is 5. The summed E-state index contributed by atoms with van der Waals surface area (Å²) >= 11 is 3.22. The van der Waals surface area contributed by atoms with E-state index in [0.717, 1.165) is 19.4 Å². The van der Waals surface area contributed by atoms with Crippen molar-refractivity contribution in [3.8, 4) is 0 Å². The van der Waals surface area contributed by atoms with Crippen LogP contribution < -0.4 is 16.4 Å². The van der Waals surface area contributed by atoms with Crippen LogP contribution in [0.4, 0.5) is 27.4 Å². The molecule has 0 bridgehead atoms. The van der Waals surface area contributed by atoms with Gasteiger partial charge in [0.05, 0.1) is 11.8 Å². The molecule has 4 N–H and O–H groups in total. The minimum atomic E-state index is -0.397. The molecule has 122 valence electrons. The van der Waals surface area contributed by atoms with Crippen LogP contribution >= 0.6 is 15.9 Å². The Labute approximate surface area is 141 Å². The molecule has 0 aliphatic carbocycles. The van der Waals surface area contributed by atoms with E-state index in [0.29, 0.717) is 34.0 Å². The quantitative estimate of drug-likeness (QED) is 0.736. The van der Waals surface area contributed by atoms with E-state index in [1.165, 1.54) is 12.4 Å². The van der Waals surface area contributed by atoms with Gasteiger partial charge in [-0.15, -0.1) is 0 Å². The standard InChI is InChI=1S/C15H17BrFN5O/c16-9-3-4-12(11(17)6-9)22-15-13(18)14(20-8-21-15)19-7-10-2-1-5-23-10/h3-4,6,8,10H,1-2,5,7,18H2,(H2,19,20,21,22). The fourth-order valence-corrected chi connectivity index (χ4v) is 2.70. The Morgan fingerprint density at radius 2 is 2.17 bits per heavy atom. The van der Waals surface area contributed by atoms with Gasteiger partial charge in [-0.2, -0.15) is 0 Å². The summed E-state index contributed by atoms with van der Waals surface area (Å²) in [7, 11) is 0. The van der Waals surface area contributed by atoms with Gasteiger partial charge < -0.3 is 21.1 Å². The van der Waals surface area contributed by atoms with Crippen LogP contribution in [0.1, 0.15) is 12.8 Å². The van der Waals surface area contributed by atoms with Crippen molar-refractivity contribution >= 4 is 38.9 Å². The van der Waals surface area contributed by atoms with Gasteiger partial charge in [0.2, 0.25) is 0 Å². The van der Waals surface area contributed by atoms with Crippen LogP contribution in [0.5, 0.6) is 0 Å². The molecule has 1 atom stereocenters. The average Bonchev–Trinajstić information content (AvgIpc) is 3.04. The number of halogens is 2. The van der Waals surface area contributed by atoms with E-state index < -0.39 is 5.82 Å². The maximum atomic E-state index is 13.9. The Morgan fingerprint density at radius 3 is 2.91 bits per heavy atom. The maximum absolute atomic E-state index is 13.9. The molecule has 1 aromatic carbocycles. The minimum Gasteiger partial charge on any atom is -0.393 e. The van der Waals surface area contributed by atoms with Crippen molar-refractivity contribution in [2.45, 2.75) is 18.9 Å². The topological polar surface area (TPSA) is 85.1 Å². The predicted octanol–water partition coefficient (Wildman–Crippen LogP) is 3.29. The summed E-state index contributed by atoms with van der Waals surface area (Å²) < 4.78 is 20.1. The van der Waals surface area contributed by atoms with Crippen LogP contribution in [0.15, 0.2) is 29.0 Å². The van der Waals surface area contributed by atoms with E-state index in [1.54, 1.807) is 12.1 Å². The van der Waals surface area contributed by atoms with Gasteiger partial charge in [-0.25, -0.2) is 14.4 Å². The summed E-state index contributed by atoms with van der Waals surface area (Å²) in [5, 5.41) is 6.06. The fourth-order valence-electron chi connectivity index (χ4n) is 2.37. The van der Waals surface area contributed by atoms with Gasteiger partial charge in [0, 0.05) is 17.6 Å². The Balaban J connectivity index is 1.73. The zero-order valence-corrected chi connectivity index (χ0v) is 13.9. The third-order valence-corrected chi connectivity index (χ3v) is 4.08. The normalized spacial score (nSPS) is 17.2. The van der Waals surface area contributed by atoms with Gasteiger partial charge in [0.25, 0.3) is 0 Å². The highest BCUT2D eigenvalue weighted by molar-refractivity contribution is 9.10. The largest absolute Gasteiger partial charge is 0.393 e. The second-order valence-electron chi connectivity index (χ2n) is 5.25. The lowest BCUT2D eigenvalue weighted by Crippen LogP contribution is -2.20. The SMILES string of the molecule is Nc1c(NCC2CCCO2)ncnc1Nc1ccc(Br)cc1F. The number of anilines is 4. The molecule has 0 radical (unpaired) electrons. The first kappa shape index (κ1) is 15.9. The van der Waals surface area contributed by atoms with Crippen LogP contribution in [0.25, 0.3) is 0 Å². The number of nitrogens with one attached hydrogen (secondary N) is 2. The molecule has 0 spiro atoms. The zero-order valence-electron chi connectivity index (χ0n) is 12.4. The number of nitrogens with two attached hydrogens (primary N) is 1. The third kappa shape index (κ3) is 3.89. The molecular weight excluding hydrogens is 365 g/mol. The molecule has 2 aromatic rings. The highest BCUT2D eigenvalue weighted by atomic mass is 79.9. The molecule has 6 nitrogen and oxygen atoms in total. The number of benzene rings is 1. The number of aromatic nitrogens is 2. The van der Waals surface area contributed by atoms with Crippen molar-refractivity contribution < 1.29 is 9.13 Å². The predicted molar refractivity (Wildman–Crippen MR) is 91.3 cm³/mol. The van der Waals surface area contributed by atoms with Crippen molar-refractivity contribution in [3.63, 3.8) is 0 Å². The Morgan fingerprint density at radius 1 is 1.35 bits per heavy atom. The molecule has 1 unspecified atom stereocenters. The lowest BCUT2D eigenvalue weighted by Gasteiger charge is -2.15. The second kappa shape index (κ2) is 7.10. The van der Waals surface area contributed by atoms with E-state index in [4.69, 9.17) is 10.5 Å². The molecule has 3 rings (SSSR count). The number of nitrogens with zero attached hydrogens (tertiary/aromatic N) is 2. The van der Waals surface area contributed by atoms with Gasteiger partial charge in [0.15, 0.2) is 11.6 Å². The molecule has 8 heteroatoms. The first-order valence-electron chi connectivity index (χ1n) is 7.31. The van der Waals surface area contributed by atoms with Crippen molar-refractivity contribution in [2.24, 2.45) is 0 Å². The van der Waals surface area contributed by atoms with Crippen LogP contribution in [0.2, 0.25) is 0 Å². The first-order chi connectivity index (χ1) is 11.1. The lowest BCUT2D eigenvalue weighted by atomic mass is 10.2. The van der Waals surface area contributed by atoms with Gasteiger partial charge in [-0.05, 0) is 31.0 Å². The third-order valence-electron chi connectivity index (χ3n) is 3.59. The highest BCUT2D eigenvalue weighted by Gasteiger charge is 2.17. The Kier molecular flexibility index (Phi) is 4.92. The van der Waals surface area contributed by atoms with E-state index in [2.05, 4.69) is 36.5 Å². The van der Waals surface area contributed by atoms with E-state index >= 15 is 0 Å². The van der Waals surface area contributed by atoms with E-state index in [9.17, 15) is 4.39 Å². The van der Waals surface area contributed by atoms with E-state index in [1.807, 2.05) is 0 Å². The lowest BCUT2D eigenvalue weighted by molar-refractivity contribution is 0.120. The maximum Gasteiger partial charge on any atom is 0.159 e. The zero-order chi connectivity index (χ0) is 16.2. The van der Waals surface area contributed by atoms with Gasteiger partial charge in [0.1, 0.15) is 17.8 Å².